The van der Waals surface area contributed by atoms with E-state index < -0.39 is 0 Å². The summed E-state index contributed by atoms with van der Waals surface area (Å²) in [6.45, 7) is 3.39. The summed E-state index contributed by atoms with van der Waals surface area (Å²) in [4.78, 5) is 14.4. The number of aryl methyl sites for hydroxylation is 1. The predicted octanol–water partition coefficient (Wildman–Crippen LogP) is 1.54. The molecule has 1 atom stereocenters. The normalized spacial score (nSPS) is 18.3. The topological polar surface area (TPSA) is 84.0 Å². The highest BCUT2D eigenvalue weighted by Gasteiger charge is 2.27. The second-order valence-corrected chi connectivity index (χ2v) is 5.53. The van der Waals surface area contributed by atoms with E-state index >= 15 is 0 Å². The molecule has 2 aromatic rings. The summed E-state index contributed by atoms with van der Waals surface area (Å²) in [5.41, 5.74) is 2.41. The molecule has 116 valence electrons. The lowest BCUT2D eigenvalue weighted by molar-refractivity contribution is 0.0698. The fraction of sp³-hybridized carbons (Fsp3) is 0.467. The minimum absolute atomic E-state index is 0.0906. The average Bonchev–Trinajstić information content (AvgIpc) is 3.01. The van der Waals surface area contributed by atoms with E-state index in [1.54, 1.807) is 12.1 Å². The van der Waals surface area contributed by atoms with Crippen molar-refractivity contribution >= 4 is 5.91 Å². The number of aromatic nitrogens is 4. The number of H-pyrrole nitrogens is 1. The van der Waals surface area contributed by atoms with Crippen LogP contribution in [0.1, 0.15) is 40.6 Å². The highest BCUT2D eigenvalue weighted by Crippen LogP contribution is 2.26. The van der Waals surface area contributed by atoms with Gasteiger partial charge in [0.05, 0.1) is 12.8 Å². The molecule has 7 nitrogen and oxygen atoms in total. The number of amides is 1. The highest BCUT2D eigenvalue weighted by molar-refractivity contribution is 5.92. The summed E-state index contributed by atoms with van der Waals surface area (Å²) in [6.07, 6.45) is 2.01. The van der Waals surface area contributed by atoms with Crippen molar-refractivity contribution in [3.05, 3.63) is 35.3 Å². The molecule has 1 N–H and O–H groups in total. The van der Waals surface area contributed by atoms with Crippen molar-refractivity contribution in [1.82, 2.24) is 25.3 Å². The van der Waals surface area contributed by atoms with Crippen molar-refractivity contribution < 1.29 is 9.53 Å². The van der Waals surface area contributed by atoms with Crippen LogP contribution in [-0.4, -0.2) is 51.4 Å². The Kier molecular flexibility index (Phi) is 4.04. The monoisotopic (exact) mass is 301 g/mol. The lowest BCUT2D eigenvalue weighted by Crippen LogP contribution is -2.39. The molecule has 1 amide bonds. The van der Waals surface area contributed by atoms with Crippen LogP contribution in [0.4, 0.5) is 0 Å². The smallest absolute Gasteiger partial charge is 0.274 e. The van der Waals surface area contributed by atoms with Crippen molar-refractivity contribution in [3.8, 4) is 5.88 Å². The van der Waals surface area contributed by atoms with Crippen LogP contribution in [0.5, 0.6) is 5.88 Å². The Bertz CT molecular complexity index is 652. The third-order valence-electron chi connectivity index (χ3n) is 3.92. The Morgan fingerprint density at radius 2 is 2.27 bits per heavy atom. The first-order chi connectivity index (χ1) is 10.7. The van der Waals surface area contributed by atoms with Crippen LogP contribution in [0.15, 0.2) is 18.2 Å². The van der Waals surface area contributed by atoms with Crippen LogP contribution in [0.2, 0.25) is 0 Å². The van der Waals surface area contributed by atoms with Crippen molar-refractivity contribution in [2.45, 2.75) is 25.7 Å². The molecule has 3 heterocycles. The molecule has 1 saturated heterocycles. The van der Waals surface area contributed by atoms with E-state index in [9.17, 15) is 4.79 Å². The molecular formula is C15H19N5O2. The summed E-state index contributed by atoms with van der Waals surface area (Å²) in [5, 5.41) is 15.1. The van der Waals surface area contributed by atoms with E-state index in [-0.39, 0.29) is 11.8 Å². The summed E-state index contributed by atoms with van der Waals surface area (Å²) >= 11 is 0. The fourth-order valence-corrected chi connectivity index (χ4v) is 2.76. The highest BCUT2D eigenvalue weighted by atomic mass is 16.5. The third kappa shape index (κ3) is 2.93. The van der Waals surface area contributed by atoms with Gasteiger partial charge in [-0.25, -0.2) is 0 Å². The number of carbonyl (C=O) groups excluding carboxylic acids is 1. The molecule has 1 fully saturated rings. The Balaban J connectivity index is 1.71. The number of methoxy groups -OCH3 is 1. The molecule has 0 saturated carbocycles. The van der Waals surface area contributed by atoms with Gasteiger partial charge in [0, 0.05) is 30.8 Å². The van der Waals surface area contributed by atoms with Crippen molar-refractivity contribution in [3.63, 3.8) is 0 Å². The number of rotatable bonds is 3. The van der Waals surface area contributed by atoms with Gasteiger partial charge in [0.15, 0.2) is 5.69 Å². The van der Waals surface area contributed by atoms with Crippen molar-refractivity contribution in [2.75, 3.05) is 20.2 Å². The maximum absolute atomic E-state index is 12.5. The molecule has 2 aromatic heterocycles. The Morgan fingerprint density at radius 1 is 1.41 bits per heavy atom. The zero-order valence-electron chi connectivity index (χ0n) is 12.7. The summed E-state index contributed by atoms with van der Waals surface area (Å²) < 4.78 is 4.96. The summed E-state index contributed by atoms with van der Waals surface area (Å²) in [6, 6.07) is 5.35. The van der Waals surface area contributed by atoms with E-state index in [1.165, 1.54) is 7.11 Å². The molecule has 0 bridgehead atoms. The van der Waals surface area contributed by atoms with E-state index in [4.69, 9.17) is 4.74 Å². The number of hydrogen-bond acceptors (Lipinski definition) is 5. The first-order valence-corrected chi connectivity index (χ1v) is 7.36. The minimum atomic E-state index is -0.0906. The number of hydrogen-bond donors (Lipinski definition) is 1. The lowest BCUT2D eigenvalue weighted by Gasteiger charge is -2.31. The minimum Gasteiger partial charge on any atom is -0.480 e. The summed E-state index contributed by atoms with van der Waals surface area (Å²) in [5.74, 6) is 0.584. The van der Waals surface area contributed by atoms with Crippen LogP contribution < -0.4 is 4.74 Å². The van der Waals surface area contributed by atoms with Crippen LogP contribution >= 0.6 is 0 Å². The maximum atomic E-state index is 12.5. The van der Waals surface area contributed by atoms with Gasteiger partial charge in [-0.3, -0.25) is 9.89 Å². The number of ether oxygens (including phenoxy) is 1. The molecule has 7 heteroatoms. The van der Waals surface area contributed by atoms with Gasteiger partial charge in [0.2, 0.25) is 5.88 Å². The molecule has 0 unspecified atom stereocenters. The largest absolute Gasteiger partial charge is 0.480 e. The van der Waals surface area contributed by atoms with Gasteiger partial charge >= 0.3 is 0 Å². The first-order valence-electron chi connectivity index (χ1n) is 7.36. The van der Waals surface area contributed by atoms with Gasteiger partial charge in [-0.1, -0.05) is 0 Å². The average molecular weight is 301 g/mol. The van der Waals surface area contributed by atoms with Gasteiger partial charge in [0.1, 0.15) is 0 Å². The van der Waals surface area contributed by atoms with Crippen LogP contribution in [0.3, 0.4) is 0 Å². The van der Waals surface area contributed by atoms with Crippen LogP contribution in [0, 0.1) is 6.92 Å². The molecular weight excluding hydrogens is 282 g/mol. The van der Waals surface area contributed by atoms with Gasteiger partial charge in [-0.05, 0) is 31.9 Å². The SMILES string of the molecule is COc1ccc(C(=O)N2CCC[C@@H](c3cc(C)[nH]n3)C2)nn1. The standard InChI is InChI=1S/C15H19N5O2/c1-10-8-13(18-16-10)11-4-3-7-20(9-11)15(21)12-5-6-14(22-2)19-17-12/h5-6,8,11H,3-4,7,9H2,1-2H3,(H,16,18)/t11-/m1/s1. The molecule has 0 spiro atoms. The van der Waals surface area contributed by atoms with Gasteiger partial charge in [-0.15, -0.1) is 10.2 Å². The zero-order chi connectivity index (χ0) is 15.5. The van der Waals surface area contributed by atoms with E-state index in [0.717, 1.165) is 30.8 Å². The molecule has 22 heavy (non-hydrogen) atoms. The third-order valence-corrected chi connectivity index (χ3v) is 3.92. The number of nitrogens with one attached hydrogen (secondary N) is 1. The first kappa shape index (κ1) is 14.5. The summed E-state index contributed by atoms with van der Waals surface area (Å²) in [7, 11) is 1.52. The second-order valence-electron chi connectivity index (χ2n) is 5.53. The Hall–Kier alpha value is -2.44. The Morgan fingerprint density at radius 3 is 2.91 bits per heavy atom. The molecule has 0 aromatic carbocycles. The number of nitrogens with zero attached hydrogens (tertiary/aromatic N) is 4. The van der Waals surface area contributed by atoms with Gasteiger partial charge < -0.3 is 9.64 Å². The molecule has 3 rings (SSSR count). The van der Waals surface area contributed by atoms with E-state index in [0.29, 0.717) is 18.1 Å². The Labute approximate surface area is 128 Å². The predicted molar refractivity (Wildman–Crippen MR) is 79.8 cm³/mol. The van der Waals surface area contributed by atoms with Crippen molar-refractivity contribution in [2.24, 2.45) is 0 Å². The fourth-order valence-electron chi connectivity index (χ4n) is 2.76. The van der Waals surface area contributed by atoms with E-state index in [2.05, 4.69) is 20.4 Å². The lowest BCUT2D eigenvalue weighted by atomic mass is 9.94. The number of aromatic amines is 1. The van der Waals surface area contributed by atoms with Gasteiger partial charge in [-0.2, -0.15) is 5.10 Å². The number of piperidine rings is 1. The number of carbonyl (C=O) groups is 1. The quantitative estimate of drug-likeness (QED) is 0.929. The molecule has 0 aliphatic carbocycles. The van der Waals surface area contributed by atoms with Crippen LogP contribution in [0.25, 0.3) is 0 Å². The molecule has 1 aliphatic heterocycles. The molecule has 1 aliphatic rings. The maximum Gasteiger partial charge on any atom is 0.274 e. The molecule has 0 radical (unpaired) electrons. The number of likely N-dealkylation sites (tertiary alicyclic amines) is 1. The van der Waals surface area contributed by atoms with Crippen LogP contribution in [-0.2, 0) is 0 Å². The zero-order valence-corrected chi connectivity index (χ0v) is 12.7. The van der Waals surface area contributed by atoms with E-state index in [1.807, 2.05) is 17.9 Å². The second kappa shape index (κ2) is 6.13. The van der Waals surface area contributed by atoms with Gasteiger partial charge in [0.25, 0.3) is 5.91 Å². The van der Waals surface area contributed by atoms with Crippen molar-refractivity contribution in [1.29, 1.82) is 0 Å².